The van der Waals surface area contributed by atoms with Crippen LogP contribution in [0.3, 0.4) is 0 Å². The molecule has 0 atom stereocenters. The summed E-state index contributed by atoms with van der Waals surface area (Å²) in [6.07, 6.45) is 3.36. The third-order valence-corrected chi connectivity index (χ3v) is 1.34. The number of methoxy groups -OCH3 is 1. The number of unbranched alkanes of at least 4 members (excludes halogenated alkanes) is 1. The second-order valence-electron chi connectivity index (χ2n) is 2.33. The number of aliphatic carboxylic acids is 1. The molecule has 0 amide bonds. The lowest BCUT2D eigenvalue weighted by molar-refractivity contribution is -0.132. The first kappa shape index (κ1) is 10.2. The van der Waals surface area contributed by atoms with Gasteiger partial charge >= 0.3 is 5.97 Å². The molecule has 0 aromatic heterocycles. The van der Waals surface area contributed by atoms with Crippen molar-refractivity contribution >= 4 is 5.97 Å². The Morgan fingerprint density at radius 3 is 2.73 bits per heavy atom. The second kappa shape index (κ2) is 5.92. The van der Waals surface area contributed by atoms with Crippen LogP contribution in [0.1, 0.15) is 19.8 Å². The van der Waals surface area contributed by atoms with Gasteiger partial charge in [0.05, 0.1) is 0 Å². The molecule has 0 aliphatic carbocycles. The quantitative estimate of drug-likeness (QED) is 0.486. The maximum absolute atomic E-state index is 10.3. The molecule has 0 saturated heterocycles. The average molecular weight is 158 g/mol. The number of carbonyl (C=O) groups is 1. The maximum atomic E-state index is 10.3. The van der Waals surface area contributed by atoms with Crippen LogP contribution in [0.15, 0.2) is 11.6 Å². The number of carboxylic acid groups (broad SMARTS) is 1. The summed E-state index contributed by atoms with van der Waals surface area (Å²) in [6, 6.07) is 0. The summed E-state index contributed by atoms with van der Waals surface area (Å²) in [4.78, 5) is 10.3. The van der Waals surface area contributed by atoms with Crippen molar-refractivity contribution in [2.75, 3.05) is 13.7 Å². The molecule has 0 spiro atoms. The van der Waals surface area contributed by atoms with Crippen molar-refractivity contribution in [1.29, 1.82) is 0 Å². The molecule has 0 rings (SSSR count). The van der Waals surface area contributed by atoms with Gasteiger partial charge in [-0.25, -0.2) is 4.79 Å². The molecule has 0 aliphatic rings. The van der Waals surface area contributed by atoms with Crippen LogP contribution in [0.2, 0.25) is 0 Å². The maximum Gasteiger partial charge on any atom is 0.330 e. The fourth-order valence-electron chi connectivity index (χ4n) is 0.634. The van der Waals surface area contributed by atoms with E-state index < -0.39 is 5.97 Å². The van der Waals surface area contributed by atoms with Crippen LogP contribution in [-0.2, 0) is 9.53 Å². The summed E-state index contributed by atoms with van der Waals surface area (Å²) in [5.41, 5.74) is 0.404. The molecular formula is C8H14O3. The molecule has 0 radical (unpaired) electrons. The molecule has 11 heavy (non-hydrogen) atoms. The highest BCUT2D eigenvalue weighted by molar-refractivity contribution is 5.85. The topological polar surface area (TPSA) is 46.5 Å². The summed E-state index contributed by atoms with van der Waals surface area (Å²) in [5, 5.41) is 8.44. The molecule has 0 saturated carbocycles. The standard InChI is InChI=1S/C8H14O3/c1-7(8(9)10)5-3-4-6-11-2/h5H,3-4,6H2,1-2H3,(H,9,10). The number of allylic oxidation sites excluding steroid dienone is 1. The van der Waals surface area contributed by atoms with Crippen LogP contribution in [0, 0.1) is 0 Å². The van der Waals surface area contributed by atoms with Crippen LogP contribution in [0.5, 0.6) is 0 Å². The van der Waals surface area contributed by atoms with E-state index in [-0.39, 0.29) is 0 Å². The van der Waals surface area contributed by atoms with Crippen molar-refractivity contribution in [2.45, 2.75) is 19.8 Å². The van der Waals surface area contributed by atoms with Crippen LogP contribution in [-0.4, -0.2) is 24.8 Å². The van der Waals surface area contributed by atoms with E-state index in [1.807, 2.05) is 0 Å². The molecule has 3 nitrogen and oxygen atoms in total. The lowest BCUT2D eigenvalue weighted by Gasteiger charge is -1.94. The predicted molar refractivity (Wildman–Crippen MR) is 42.5 cm³/mol. The fourth-order valence-corrected chi connectivity index (χ4v) is 0.634. The van der Waals surface area contributed by atoms with Gasteiger partial charge in [-0.05, 0) is 19.8 Å². The zero-order chi connectivity index (χ0) is 8.69. The van der Waals surface area contributed by atoms with Gasteiger partial charge in [-0.2, -0.15) is 0 Å². The van der Waals surface area contributed by atoms with Gasteiger partial charge in [0.1, 0.15) is 0 Å². The van der Waals surface area contributed by atoms with E-state index in [4.69, 9.17) is 9.84 Å². The molecule has 0 aromatic rings. The molecule has 0 fully saturated rings. The number of ether oxygens (including phenoxy) is 1. The van der Waals surface area contributed by atoms with Crippen LogP contribution < -0.4 is 0 Å². The van der Waals surface area contributed by atoms with Crippen molar-refractivity contribution < 1.29 is 14.6 Å². The van der Waals surface area contributed by atoms with Crippen LogP contribution >= 0.6 is 0 Å². The lowest BCUT2D eigenvalue weighted by Crippen LogP contribution is -1.96. The van der Waals surface area contributed by atoms with E-state index in [9.17, 15) is 4.79 Å². The summed E-state index contributed by atoms with van der Waals surface area (Å²) >= 11 is 0. The Bertz CT molecular complexity index is 149. The number of carboxylic acids is 1. The normalized spacial score (nSPS) is 11.6. The molecule has 0 unspecified atom stereocenters. The Morgan fingerprint density at radius 2 is 2.27 bits per heavy atom. The fraction of sp³-hybridized carbons (Fsp3) is 0.625. The third kappa shape index (κ3) is 5.61. The number of hydrogen-bond acceptors (Lipinski definition) is 2. The average Bonchev–Trinajstić information content (AvgIpc) is 1.97. The van der Waals surface area contributed by atoms with Gasteiger partial charge in [-0.15, -0.1) is 0 Å². The predicted octanol–water partition coefficient (Wildman–Crippen LogP) is 1.44. The van der Waals surface area contributed by atoms with Gasteiger partial charge < -0.3 is 9.84 Å². The smallest absolute Gasteiger partial charge is 0.330 e. The largest absolute Gasteiger partial charge is 0.478 e. The van der Waals surface area contributed by atoms with Gasteiger partial charge in [0.2, 0.25) is 0 Å². The zero-order valence-electron chi connectivity index (χ0n) is 6.96. The van der Waals surface area contributed by atoms with Crippen molar-refractivity contribution in [1.82, 2.24) is 0 Å². The van der Waals surface area contributed by atoms with Gasteiger partial charge in [0, 0.05) is 19.3 Å². The van der Waals surface area contributed by atoms with E-state index >= 15 is 0 Å². The molecule has 0 aromatic carbocycles. The Labute approximate surface area is 66.7 Å². The first-order valence-electron chi connectivity index (χ1n) is 3.57. The van der Waals surface area contributed by atoms with Gasteiger partial charge in [0.25, 0.3) is 0 Å². The highest BCUT2D eigenvalue weighted by Crippen LogP contribution is 1.98. The van der Waals surface area contributed by atoms with E-state index in [1.165, 1.54) is 0 Å². The minimum absolute atomic E-state index is 0.404. The Balaban J connectivity index is 3.48. The van der Waals surface area contributed by atoms with Crippen molar-refractivity contribution in [3.63, 3.8) is 0 Å². The van der Waals surface area contributed by atoms with E-state index in [1.54, 1.807) is 20.1 Å². The van der Waals surface area contributed by atoms with E-state index in [2.05, 4.69) is 0 Å². The molecule has 3 heteroatoms. The monoisotopic (exact) mass is 158 g/mol. The first-order chi connectivity index (χ1) is 5.18. The lowest BCUT2D eigenvalue weighted by atomic mass is 10.2. The molecule has 0 bridgehead atoms. The number of hydrogen-bond donors (Lipinski definition) is 1. The Kier molecular flexibility index (Phi) is 5.47. The first-order valence-corrected chi connectivity index (χ1v) is 3.57. The van der Waals surface area contributed by atoms with E-state index in [0.29, 0.717) is 12.2 Å². The third-order valence-electron chi connectivity index (χ3n) is 1.34. The van der Waals surface area contributed by atoms with Gasteiger partial charge in [-0.1, -0.05) is 6.08 Å². The van der Waals surface area contributed by atoms with Crippen molar-refractivity contribution in [2.24, 2.45) is 0 Å². The Hall–Kier alpha value is -0.830. The molecule has 64 valence electrons. The molecule has 0 aliphatic heterocycles. The molecule has 0 heterocycles. The van der Waals surface area contributed by atoms with E-state index in [0.717, 1.165) is 12.8 Å². The molecular weight excluding hydrogens is 144 g/mol. The minimum atomic E-state index is -0.845. The van der Waals surface area contributed by atoms with Gasteiger partial charge in [0.15, 0.2) is 0 Å². The molecule has 1 N–H and O–H groups in total. The SMILES string of the molecule is COCCCC=C(C)C(=O)O. The summed E-state index contributed by atoms with van der Waals surface area (Å²) in [7, 11) is 1.63. The van der Waals surface area contributed by atoms with Gasteiger partial charge in [-0.3, -0.25) is 0 Å². The Morgan fingerprint density at radius 1 is 1.64 bits per heavy atom. The zero-order valence-corrected chi connectivity index (χ0v) is 6.96. The minimum Gasteiger partial charge on any atom is -0.478 e. The summed E-state index contributed by atoms with van der Waals surface area (Å²) in [5.74, 6) is -0.845. The highest BCUT2D eigenvalue weighted by Gasteiger charge is 1.96. The second-order valence-corrected chi connectivity index (χ2v) is 2.33. The van der Waals surface area contributed by atoms with Crippen LogP contribution in [0.25, 0.3) is 0 Å². The number of rotatable bonds is 5. The van der Waals surface area contributed by atoms with Crippen LogP contribution in [0.4, 0.5) is 0 Å². The highest BCUT2D eigenvalue weighted by atomic mass is 16.5. The summed E-state index contributed by atoms with van der Waals surface area (Å²) in [6.45, 7) is 2.28. The van der Waals surface area contributed by atoms with Crippen molar-refractivity contribution in [3.05, 3.63) is 11.6 Å². The van der Waals surface area contributed by atoms with Crippen molar-refractivity contribution in [3.8, 4) is 0 Å². The summed E-state index contributed by atoms with van der Waals surface area (Å²) < 4.78 is 4.81.